The first-order valence-electron chi connectivity index (χ1n) is 14.8. The molecule has 1 saturated heterocycles. The summed E-state index contributed by atoms with van der Waals surface area (Å²) < 4.78 is 35.9. The smallest absolute Gasteiger partial charge is 0.258 e. The lowest BCUT2D eigenvalue weighted by Gasteiger charge is -2.26. The molecule has 3 aromatic rings. The van der Waals surface area contributed by atoms with E-state index in [0.717, 1.165) is 28.3 Å². The number of sulfonamides is 1. The molecule has 2 aliphatic heterocycles. The molecular formula is C33H39N3O4S. The third kappa shape index (κ3) is 5.07. The highest BCUT2D eigenvalue weighted by Crippen LogP contribution is 2.40. The lowest BCUT2D eigenvalue weighted by atomic mass is 9.84. The zero-order chi connectivity index (χ0) is 28.7. The highest BCUT2D eigenvalue weighted by atomic mass is 32.2. The van der Waals surface area contributed by atoms with Crippen molar-refractivity contribution in [3.05, 3.63) is 76.6 Å². The van der Waals surface area contributed by atoms with Crippen LogP contribution in [-0.2, 0) is 19.6 Å². The molecule has 2 aromatic carbocycles. The van der Waals surface area contributed by atoms with E-state index in [1.54, 1.807) is 23.1 Å². The molecule has 2 fully saturated rings. The largest absolute Gasteiger partial charge is 0.379 e. The second-order valence-corrected chi connectivity index (χ2v) is 13.3. The van der Waals surface area contributed by atoms with Crippen molar-refractivity contribution in [2.75, 3.05) is 37.7 Å². The first-order valence-corrected chi connectivity index (χ1v) is 16.3. The minimum atomic E-state index is -3.69. The quantitative estimate of drug-likeness (QED) is 0.336. The summed E-state index contributed by atoms with van der Waals surface area (Å²) in [5.41, 5.74) is 7.54. The van der Waals surface area contributed by atoms with E-state index in [1.807, 2.05) is 13.0 Å². The predicted molar refractivity (Wildman–Crippen MR) is 163 cm³/mol. The fourth-order valence-electron chi connectivity index (χ4n) is 6.70. The molecular weight excluding hydrogens is 534 g/mol. The van der Waals surface area contributed by atoms with E-state index in [4.69, 9.17) is 4.74 Å². The lowest BCUT2D eigenvalue weighted by molar-refractivity contribution is -0.112. The van der Waals surface area contributed by atoms with E-state index in [2.05, 4.69) is 48.7 Å². The van der Waals surface area contributed by atoms with Gasteiger partial charge in [0, 0.05) is 47.8 Å². The van der Waals surface area contributed by atoms with Crippen LogP contribution in [0.5, 0.6) is 0 Å². The highest BCUT2D eigenvalue weighted by Gasteiger charge is 2.34. The van der Waals surface area contributed by atoms with Gasteiger partial charge in [0.1, 0.15) is 0 Å². The van der Waals surface area contributed by atoms with Crippen LogP contribution in [0.2, 0.25) is 0 Å². The maximum atomic E-state index is 13.6. The SMILES string of the molecule is CCN1C(=O)C(=Cc2cc(C)n(-c3ccc(C4CCCCC4)cc3)c2C)c2cc(S(=O)(=O)N3CCOCC3)ccc21. The maximum Gasteiger partial charge on any atom is 0.258 e. The molecule has 0 radical (unpaired) electrons. The summed E-state index contributed by atoms with van der Waals surface area (Å²) in [6, 6.07) is 16.1. The number of nitrogens with zero attached hydrogens (tertiary/aromatic N) is 3. The van der Waals surface area contributed by atoms with Crippen molar-refractivity contribution < 1.29 is 17.9 Å². The van der Waals surface area contributed by atoms with Crippen LogP contribution in [-0.4, -0.2) is 56.0 Å². The molecule has 8 heteroatoms. The first kappa shape index (κ1) is 27.9. The number of likely N-dealkylation sites (N-methyl/N-ethyl adjacent to an activating group) is 1. The van der Waals surface area contributed by atoms with Gasteiger partial charge >= 0.3 is 0 Å². The van der Waals surface area contributed by atoms with E-state index < -0.39 is 10.0 Å². The van der Waals surface area contributed by atoms with Crippen LogP contribution in [0.3, 0.4) is 0 Å². The van der Waals surface area contributed by atoms with Crippen molar-refractivity contribution in [2.24, 2.45) is 0 Å². The molecule has 0 N–H and O–H groups in total. The molecule has 1 saturated carbocycles. The van der Waals surface area contributed by atoms with Crippen molar-refractivity contribution in [1.82, 2.24) is 8.87 Å². The van der Waals surface area contributed by atoms with Crippen LogP contribution in [0.1, 0.15) is 73.0 Å². The Morgan fingerprint density at radius 2 is 1.66 bits per heavy atom. The lowest BCUT2D eigenvalue weighted by Crippen LogP contribution is -2.40. The van der Waals surface area contributed by atoms with Gasteiger partial charge in [-0.05, 0) is 93.1 Å². The number of rotatable bonds is 6. The summed E-state index contributed by atoms with van der Waals surface area (Å²) in [5, 5.41) is 0. The molecule has 1 aliphatic carbocycles. The van der Waals surface area contributed by atoms with Crippen molar-refractivity contribution in [3.8, 4) is 5.69 Å². The fraction of sp³-hybridized carbons (Fsp3) is 0.424. The Balaban J connectivity index is 1.36. The van der Waals surface area contributed by atoms with Gasteiger partial charge in [0.05, 0.1) is 23.8 Å². The summed E-state index contributed by atoms with van der Waals surface area (Å²) in [4.78, 5) is 15.5. The van der Waals surface area contributed by atoms with Crippen molar-refractivity contribution >= 4 is 33.3 Å². The molecule has 0 unspecified atom stereocenters. The summed E-state index contributed by atoms with van der Waals surface area (Å²) in [6.07, 6.45) is 8.47. The summed E-state index contributed by atoms with van der Waals surface area (Å²) in [5.74, 6) is 0.557. The number of hydrogen-bond acceptors (Lipinski definition) is 4. The van der Waals surface area contributed by atoms with Crippen molar-refractivity contribution in [2.45, 2.75) is 63.7 Å². The van der Waals surface area contributed by atoms with E-state index in [9.17, 15) is 13.2 Å². The molecule has 7 nitrogen and oxygen atoms in total. The maximum absolute atomic E-state index is 13.6. The number of amides is 1. The zero-order valence-electron chi connectivity index (χ0n) is 24.2. The highest BCUT2D eigenvalue weighted by molar-refractivity contribution is 7.89. The van der Waals surface area contributed by atoms with Gasteiger partial charge in [-0.15, -0.1) is 0 Å². The van der Waals surface area contributed by atoms with Gasteiger partial charge in [-0.2, -0.15) is 4.31 Å². The van der Waals surface area contributed by atoms with E-state index >= 15 is 0 Å². The molecule has 0 atom stereocenters. The number of anilines is 1. The second-order valence-electron chi connectivity index (χ2n) is 11.4. The fourth-order valence-corrected chi connectivity index (χ4v) is 8.14. The van der Waals surface area contributed by atoms with Crippen LogP contribution in [0.4, 0.5) is 5.69 Å². The number of aryl methyl sites for hydroxylation is 1. The zero-order valence-corrected chi connectivity index (χ0v) is 25.0. The standard InChI is InChI=1S/C33H39N3O4S/c1-4-35-32-15-14-29(41(38,39)34-16-18-40-19-17-34)22-30(32)31(33(35)37)21-27-20-23(2)36(24(27)3)28-12-10-26(11-13-28)25-8-6-5-7-9-25/h10-15,20-22,25H,4-9,16-19H2,1-3H3. The average Bonchev–Trinajstić information content (AvgIpc) is 3.44. The number of ether oxygens (including phenoxy) is 1. The number of morpholine rings is 1. The van der Waals surface area contributed by atoms with Gasteiger partial charge in [-0.1, -0.05) is 31.4 Å². The average molecular weight is 574 g/mol. The number of fused-ring (bicyclic) bond motifs is 1. The second kappa shape index (κ2) is 11.2. The molecule has 41 heavy (non-hydrogen) atoms. The Morgan fingerprint density at radius 1 is 0.951 bits per heavy atom. The first-order chi connectivity index (χ1) is 19.8. The summed E-state index contributed by atoms with van der Waals surface area (Å²) in [6.45, 7) is 8.03. The number of aromatic nitrogens is 1. The Kier molecular flexibility index (Phi) is 7.66. The predicted octanol–water partition coefficient (Wildman–Crippen LogP) is 6.07. The Labute approximate surface area is 243 Å². The monoisotopic (exact) mass is 573 g/mol. The molecule has 6 rings (SSSR count). The van der Waals surface area contributed by atoms with Gasteiger partial charge in [0.2, 0.25) is 10.0 Å². The van der Waals surface area contributed by atoms with E-state index in [0.29, 0.717) is 49.9 Å². The Hall–Kier alpha value is -3.20. The van der Waals surface area contributed by atoms with Gasteiger partial charge in [0.15, 0.2) is 0 Å². The molecule has 0 bridgehead atoms. The molecule has 0 spiro atoms. The molecule has 1 aromatic heterocycles. The molecule has 1 amide bonds. The third-order valence-electron chi connectivity index (χ3n) is 8.95. The van der Waals surface area contributed by atoms with Crippen molar-refractivity contribution in [1.29, 1.82) is 0 Å². The Bertz CT molecular complexity index is 1590. The minimum Gasteiger partial charge on any atom is -0.379 e. The summed E-state index contributed by atoms with van der Waals surface area (Å²) >= 11 is 0. The van der Waals surface area contributed by atoms with Crippen LogP contribution >= 0.6 is 0 Å². The number of carbonyl (C=O) groups excluding carboxylic acids is 1. The number of hydrogen-bond donors (Lipinski definition) is 0. The summed E-state index contributed by atoms with van der Waals surface area (Å²) in [7, 11) is -3.69. The molecule has 3 aliphatic rings. The van der Waals surface area contributed by atoms with Crippen LogP contribution < -0.4 is 4.90 Å². The van der Waals surface area contributed by atoms with Gasteiger partial charge in [-0.3, -0.25) is 4.79 Å². The van der Waals surface area contributed by atoms with Crippen LogP contribution in [0.15, 0.2) is 53.4 Å². The van der Waals surface area contributed by atoms with Crippen LogP contribution in [0.25, 0.3) is 17.3 Å². The normalized spacial score (nSPS) is 19.7. The number of carbonyl (C=O) groups is 1. The molecule has 3 heterocycles. The third-order valence-corrected chi connectivity index (χ3v) is 10.8. The van der Waals surface area contributed by atoms with E-state index in [-0.39, 0.29) is 10.8 Å². The molecule has 216 valence electrons. The topological polar surface area (TPSA) is 71.9 Å². The van der Waals surface area contributed by atoms with Gasteiger partial charge < -0.3 is 14.2 Å². The van der Waals surface area contributed by atoms with Gasteiger partial charge in [0.25, 0.3) is 5.91 Å². The van der Waals surface area contributed by atoms with Gasteiger partial charge in [-0.25, -0.2) is 8.42 Å². The Morgan fingerprint density at radius 3 is 2.34 bits per heavy atom. The van der Waals surface area contributed by atoms with Crippen molar-refractivity contribution in [3.63, 3.8) is 0 Å². The van der Waals surface area contributed by atoms with E-state index in [1.165, 1.54) is 42.0 Å². The van der Waals surface area contributed by atoms with Crippen LogP contribution in [0, 0.1) is 13.8 Å². The minimum absolute atomic E-state index is 0.106. The number of benzene rings is 2.